The lowest BCUT2D eigenvalue weighted by Crippen LogP contribution is -2.21. The Morgan fingerprint density at radius 1 is 1.28 bits per heavy atom. The molecule has 0 aliphatic heterocycles. The fraction of sp³-hybridized carbons (Fsp3) is 0.118. The molecule has 0 unspecified atom stereocenters. The molecule has 1 aromatic carbocycles. The average molecular weight is 338 g/mol. The average Bonchev–Trinajstić information content (AvgIpc) is 2.56. The topological polar surface area (TPSA) is 118 Å². The van der Waals surface area contributed by atoms with Gasteiger partial charge in [0.25, 0.3) is 5.91 Å². The van der Waals surface area contributed by atoms with E-state index < -0.39 is 22.1 Å². The zero-order valence-corrected chi connectivity index (χ0v) is 13.5. The Morgan fingerprint density at radius 3 is 2.76 bits per heavy atom. The molecule has 8 nitrogen and oxygen atoms in total. The summed E-state index contributed by atoms with van der Waals surface area (Å²) in [6, 6.07) is 8.30. The number of aromatic amines is 1. The summed E-state index contributed by atoms with van der Waals surface area (Å²) in [7, 11) is 0. The molecule has 0 saturated heterocycles. The van der Waals surface area contributed by atoms with Crippen molar-refractivity contribution in [3.05, 3.63) is 73.8 Å². The first-order valence-corrected chi connectivity index (χ1v) is 7.42. The number of fused-ring (bicyclic) bond motifs is 1. The molecule has 126 valence electrons. The normalized spacial score (nSPS) is 10.6. The molecule has 2 heterocycles. The maximum atomic E-state index is 12.6. The molecule has 0 aliphatic carbocycles. The number of nitro groups is 1. The molecule has 0 radical (unpaired) electrons. The van der Waals surface area contributed by atoms with Gasteiger partial charge in [0.15, 0.2) is 0 Å². The first-order valence-electron chi connectivity index (χ1n) is 7.42. The Hall–Kier alpha value is -3.55. The summed E-state index contributed by atoms with van der Waals surface area (Å²) in [4.78, 5) is 41.3. The predicted molar refractivity (Wildman–Crippen MR) is 92.9 cm³/mol. The number of aromatic nitrogens is 2. The molecular weight excluding hydrogens is 324 g/mol. The lowest BCUT2D eigenvalue weighted by molar-refractivity contribution is -0.386. The number of nitrogens with zero attached hydrogens (tertiary/aromatic N) is 2. The van der Waals surface area contributed by atoms with Gasteiger partial charge < -0.3 is 10.3 Å². The number of anilines is 1. The van der Waals surface area contributed by atoms with E-state index in [4.69, 9.17) is 0 Å². The molecule has 3 rings (SSSR count). The van der Waals surface area contributed by atoms with Gasteiger partial charge in [-0.3, -0.25) is 24.7 Å². The van der Waals surface area contributed by atoms with E-state index in [0.29, 0.717) is 16.8 Å². The monoisotopic (exact) mass is 338 g/mol. The van der Waals surface area contributed by atoms with E-state index in [0.717, 1.165) is 11.1 Å². The molecule has 1 amide bonds. The highest BCUT2D eigenvalue weighted by Crippen LogP contribution is 2.25. The molecule has 0 saturated carbocycles. The summed E-state index contributed by atoms with van der Waals surface area (Å²) in [6.07, 6.45) is 1.64. The molecule has 0 aliphatic rings. The standard InChI is InChI=1S/C17H14N4O4/c1-9-5-6-13(11-4-3-7-18-14(9)11)20-16(22)12-8-10(2)19-17(23)15(12)21(24)25/h3-8H,1-2H3,(H,19,23)(H,20,22). The highest BCUT2D eigenvalue weighted by molar-refractivity contribution is 6.10. The van der Waals surface area contributed by atoms with Gasteiger partial charge in [-0.15, -0.1) is 0 Å². The van der Waals surface area contributed by atoms with E-state index in [-0.39, 0.29) is 5.56 Å². The van der Waals surface area contributed by atoms with Gasteiger partial charge in [0.05, 0.1) is 16.1 Å². The number of aryl methyl sites for hydroxylation is 2. The Bertz CT molecular complexity index is 1070. The van der Waals surface area contributed by atoms with Gasteiger partial charge in [0.2, 0.25) is 0 Å². The fourth-order valence-electron chi connectivity index (χ4n) is 2.65. The van der Waals surface area contributed by atoms with Crippen molar-refractivity contribution in [3.63, 3.8) is 0 Å². The number of nitrogens with one attached hydrogen (secondary N) is 2. The number of carbonyl (C=O) groups excluding carboxylic acids is 1. The van der Waals surface area contributed by atoms with Crippen molar-refractivity contribution in [2.45, 2.75) is 13.8 Å². The van der Waals surface area contributed by atoms with Crippen LogP contribution in [0.4, 0.5) is 11.4 Å². The summed E-state index contributed by atoms with van der Waals surface area (Å²) in [5.74, 6) is -0.727. The minimum absolute atomic E-state index is 0.288. The number of pyridine rings is 2. The molecule has 8 heteroatoms. The van der Waals surface area contributed by atoms with Gasteiger partial charge in [-0.1, -0.05) is 6.07 Å². The third-order valence-electron chi connectivity index (χ3n) is 3.79. The van der Waals surface area contributed by atoms with Gasteiger partial charge in [-0.2, -0.15) is 0 Å². The molecule has 0 bridgehead atoms. The van der Waals surface area contributed by atoms with Crippen LogP contribution in [0.3, 0.4) is 0 Å². The van der Waals surface area contributed by atoms with Gasteiger partial charge in [0.1, 0.15) is 5.56 Å². The first kappa shape index (κ1) is 16.3. The Kier molecular flexibility index (Phi) is 4.02. The van der Waals surface area contributed by atoms with Gasteiger partial charge in [-0.25, -0.2) is 0 Å². The number of rotatable bonds is 3. The Balaban J connectivity index is 2.09. The second-order valence-corrected chi connectivity index (χ2v) is 5.58. The largest absolute Gasteiger partial charge is 0.346 e. The molecule has 25 heavy (non-hydrogen) atoms. The molecule has 3 aromatic rings. The summed E-state index contributed by atoms with van der Waals surface area (Å²) >= 11 is 0. The number of hydrogen-bond acceptors (Lipinski definition) is 5. The molecule has 2 N–H and O–H groups in total. The lowest BCUT2D eigenvalue weighted by atomic mass is 10.1. The van der Waals surface area contributed by atoms with Crippen LogP contribution in [0.25, 0.3) is 10.9 Å². The third-order valence-corrected chi connectivity index (χ3v) is 3.79. The molecule has 0 spiro atoms. The van der Waals surface area contributed by atoms with Crippen LogP contribution in [-0.2, 0) is 0 Å². The van der Waals surface area contributed by atoms with Gasteiger partial charge in [0, 0.05) is 17.3 Å². The molecular formula is C17H14N4O4. The number of hydrogen-bond donors (Lipinski definition) is 2. The van der Waals surface area contributed by atoms with Crippen LogP contribution in [0.2, 0.25) is 0 Å². The summed E-state index contributed by atoms with van der Waals surface area (Å²) < 4.78 is 0. The highest BCUT2D eigenvalue weighted by Gasteiger charge is 2.25. The maximum absolute atomic E-state index is 12.6. The summed E-state index contributed by atoms with van der Waals surface area (Å²) in [6.45, 7) is 3.44. The van der Waals surface area contributed by atoms with Crippen molar-refractivity contribution in [1.29, 1.82) is 0 Å². The maximum Gasteiger partial charge on any atom is 0.346 e. The predicted octanol–water partition coefficient (Wildman–Crippen LogP) is 2.70. The fourth-order valence-corrected chi connectivity index (χ4v) is 2.65. The van der Waals surface area contributed by atoms with Crippen LogP contribution in [0.15, 0.2) is 41.3 Å². The van der Waals surface area contributed by atoms with E-state index in [9.17, 15) is 19.7 Å². The van der Waals surface area contributed by atoms with E-state index in [1.807, 2.05) is 6.92 Å². The zero-order valence-electron chi connectivity index (χ0n) is 13.5. The quantitative estimate of drug-likeness (QED) is 0.562. The smallest absolute Gasteiger partial charge is 0.321 e. The molecule has 0 atom stereocenters. The van der Waals surface area contributed by atoms with Crippen LogP contribution in [0, 0.1) is 24.0 Å². The molecule has 0 fully saturated rings. The van der Waals surface area contributed by atoms with Crippen LogP contribution in [0.1, 0.15) is 21.6 Å². The minimum atomic E-state index is -0.911. The van der Waals surface area contributed by atoms with Crippen LogP contribution < -0.4 is 10.9 Å². The van der Waals surface area contributed by atoms with Crippen LogP contribution in [0.5, 0.6) is 0 Å². The molecule has 2 aromatic heterocycles. The van der Waals surface area contributed by atoms with Crippen molar-refractivity contribution >= 4 is 28.2 Å². The van der Waals surface area contributed by atoms with Crippen molar-refractivity contribution in [2.75, 3.05) is 5.32 Å². The Morgan fingerprint density at radius 2 is 2.04 bits per heavy atom. The van der Waals surface area contributed by atoms with Crippen LogP contribution >= 0.6 is 0 Å². The third kappa shape index (κ3) is 2.97. The zero-order chi connectivity index (χ0) is 18.1. The number of amides is 1. The van der Waals surface area contributed by atoms with Gasteiger partial charge in [-0.05, 0) is 43.7 Å². The van der Waals surface area contributed by atoms with E-state index >= 15 is 0 Å². The van der Waals surface area contributed by atoms with Gasteiger partial charge >= 0.3 is 11.2 Å². The minimum Gasteiger partial charge on any atom is -0.321 e. The second-order valence-electron chi connectivity index (χ2n) is 5.58. The van der Waals surface area contributed by atoms with Crippen LogP contribution in [-0.4, -0.2) is 20.8 Å². The van der Waals surface area contributed by atoms with E-state index in [2.05, 4.69) is 15.3 Å². The lowest BCUT2D eigenvalue weighted by Gasteiger charge is -2.10. The summed E-state index contributed by atoms with van der Waals surface area (Å²) in [5.41, 5.74) is 0.498. The van der Waals surface area contributed by atoms with Crippen molar-refractivity contribution < 1.29 is 9.72 Å². The van der Waals surface area contributed by atoms with Crippen molar-refractivity contribution in [3.8, 4) is 0 Å². The van der Waals surface area contributed by atoms with Crippen molar-refractivity contribution in [2.24, 2.45) is 0 Å². The highest BCUT2D eigenvalue weighted by atomic mass is 16.6. The number of H-pyrrole nitrogens is 1. The SMILES string of the molecule is Cc1cc(C(=O)Nc2ccc(C)c3ncccc23)c([N+](=O)[O-])c(=O)[nH]1. The van der Waals surface area contributed by atoms with Crippen molar-refractivity contribution in [1.82, 2.24) is 9.97 Å². The number of benzene rings is 1. The second kappa shape index (κ2) is 6.16. The van der Waals surface area contributed by atoms with E-state index in [1.54, 1.807) is 37.4 Å². The first-order chi connectivity index (χ1) is 11.9. The Labute approximate surface area is 141 Å². The number of carbonyl (C=O) groups is 1. The summed E-state index contributed by atoms with van der Waals surface area (Å²) in [5, 5.41) is 14.5. The van der Waals surface area contributed by atoms with E-state index in [1.165, 1.54) is 6.07 Å².